The topological polar surface area (TPSA) is 55.8 Å². The molecule has 5 nitrogen and oxygen atoms in total. The van der Waals surface area contributed by atoms with Gasteiger partial charge in [0.15, 0.2) is 5.78 Å². The molecule has 1 aromatic carbocycles. The number of thioether (sulfide) groups is 1. The van der Waals surface area contributed by atoms with Crippen molar-refractivity contribution in [2.45, 2.75) is 108 Å². The second kappa shape index (κ2) is 11.3. The van der Waals surface area contributed by atoms with Gasteiger partial charge in [-0.15, -0.1) is 0 Å². The van der Waals surface area contributed by atoms with Crippen LogP contribution in [0.1, 0.15) is 96.5 Å². The molecule has 228 valence electrons. The molecule has 5 fully saturated rings. The molecule has 3 unspecified atom stereocenters. The van der Waals surface area contributed by atoms with E-state index in [1.54, 1.807) is 0 Å². The van der Waals surface area contributed by atoms with Crippen LogP contribution in [0.15, 0.2) is 35.9 Å². The first-order valence-electron chi connectivity index (χ1n) is 16.8. The minimum Gasteiger partial charge on any atom is -0.492 e. The van der Waals surface area contributed by atoms with Crippen molar-refractivity contribution in [3.63, 3.8) is 0 Å². The molecule has 3 saturated carbocycles. The zero-order valence-corrected chi connectivity index (χ0v) is 26.5. The molecule has 0 aromatic heterocycles. The van der Waals surface area contributed by atoms with Crippen LogP contribution in [0.5, 0.6) is 5.75 Å². The Morgan fingerprint density at radius 1 is 0.952 bits per heavy atom. The van der Waals surface area contributed by atoms with E-state index < -0.39 is 0 Å². The zero-order valence-electron chi connectivity index (χ0n) is 25.7. The van der Waals surface area contributed by atoms with E-state index in [-0.39, 0.29) is 22.4 Å². The molecule has 1 spiro atoms. The second-order valence-corrected chi connectivity index (χ2v) is 16.0. The van der Waals surface area contributed by atoms with E-state index >= 15 is 0 Å². The SMILES string of the molecule is C[C@]12CCC(=O)C=C1C[C@@H](SCc1ccc(OCCN3CCCCC3)cc1)C1C2CC[C@@]2(C)C1CC[C@@]21CCC(=O)O1. The van der Waals surface area contributed by atoms with Crippen LogP contribution >= 0.6 is 11.8 Å². The van der Waals surface area contributed by atoms with Gasteiger partial charge in [-0.05, 0) is 118 Å². The van der Waals surface area contributed by atoms with Crippen LogP contribution in [0.3, 0.4) is 0 Å². The van der Waals surface area contributed by atoms with Crippen LogP contribution in [0.25, 0.3) is 0 Å². The van der Waals surface area contributed by atoms with Crippen LogP contribution in [-0.2, 0) is 20.1 Å². The highest BCUT2D eigenvalue weighted by atomic mass is 32.2. The minimum absolute atomic E-state index is 0.00969. The van der Waals surface area contributed by atoms with E-state index in [2.05, 4.69) is 54.8 Å². The highest BCUT2D eigenvalue weighted by Gasteiger charge is 2.68. The second-order valence-electron chi connectivity index (χ2n) is 14.8. The summed E-state index contributed by atoms with van der Waals surface area (Å²) in [6.07, 6.45) is 14.7. The number of ether oxygens (including phenoxy) is 2. The largest absolute Gasteiger partial charge is 0.492 e. The lowest BCUT2D eigenvalue weighted by molar-refractivity contribution is -0.167. The van der Waals surface area contributed by atoms with Gasteiger partial charge in [0.2, 0.25) is 0 Å². The summed E-state index contributed by atoms with van der Waals surface area (Å²) < 4.78 is 12.3. The summed E-state index contributed by atoms with van der Waals surface area (Å²) in [6, 6.07) is 8.76. The van der Waals surface area contributed by atoms with Gasteiger partial charge in [-0.2, -0.15) is 11.8 Å². The Hall–Kier alpha value is -1.79. The first kappa shape index (κ1) is 29.0. The molecule has 0 bridgehead atoms. The van der Waals surface area contributed by atoms with Crippen LogP contribution in [0, 0.1) is 28.6 Å². The zero-order chi connectivity index (χ0) is 29.0. The standard InChI is InChI=1S/C36H49NO4S/c1-34-14-10-27(38)22-26(34)23-31(33-29(34)11-15-35(2)30(33)12-16-36(35)17-13-32(39)41-36)42-24-25-6-8-28(9-7-25)40-21-20-37-18-4-3-5-19-37/h6-9,22,29-31,33H,3-5,10-21,23-24H2,1-2H3/t29?,30?,31-,33?,34+,35+,36-/m1/s1. The molecule has 7 atom stereocenters. The minimum atomic E-state index is -0.252. The Bertz CT molecular complexity index is 1220. The number of likely N-dealkylation sites (tertiary alicyclic amines) is 1. The van der Waals surface area contributed by atoms with Crippen LogP contribution in [0.4, 0.5) is 0 Å². The van der Waals surface area contributed by atoms with Crippen LogP contribution < -0.4 is 4.74 Å². The Labute approximate surface area is 256 Å². The lowest BCUT2D eigenvalue weighted by Crippen LogP contribution is -2.57. The maximum absolute atomic E-state index is 12.6. The molecular formula is C36H49NO4S. The van der Waals surface area contributed by atoms with Gasteiger partial charge >= 0.3 is 5.97 Å². The fraction of sp³-hybridized carbons (Fsp3) is 0.722. The van der Waals surface area contributed by atoms with E-state index in [9.17, 15) is 9.59 Å². The quantitative estimate of drug-likeness (QED) is 0.309. The summed E-state index contributed by atoms with van der Waals surface area (Å²) in [7, 11) is 0. The summed E-state index contributed by atoms with van der Waals surface area (Å²) in [5, 5.41) is 0.484. The summed E-state index contributed by atoms with van der Waals surface area (Å²) in [6.45, 7) is 9.11. The molecule has 4 aliphatic carbocycles. The normalized spacial score (nSPS) is 39.8. The number of nitrogens with zero attached hydrogens (tertiary/aromatic N) is 1. The Kier molecular flexibility index (Phi) is 7.78. The van der Waals surface area contributed by atoms with Crippen molar-refractivity contribution in [3.8, 4) is 5.75 Å². The van der Waals surface area contributed by atoms with E-state index in [1.165, 1.54) is 56.3 Å². The number of carbonyl (C=O) groups is 2. The number of ketones is 1. The van der Waals surface area contributed by atoms with Gasteiger partial charge in [0.1, 0.15) is 18.0 Å². The number of fused-ring (bicyclic) bond motifs is 6. The van der Waals surface area contributed by atoms with Crippen molar-refractivity contribution in [2.24, 2.45) is 28.6 Å². The Morgan fingerprint density at radius 3 is 2.50 bits per heavy atom. The summed E-state index contributed by atoms with van der Waals surface area (Å²) in [5.74, 6) is 4.04. The number of benzene rings is 1. The van der Waals surface area contributed by atoms with Crippen LogP contribution in [-0.4, -0.2) is 53.7 Å². The number of allylic oxidation sites excluding steroid dienone is 1. The molecule has 2 saturated heterocycles. The Balaban J connectivity index is 1.07. The highest BCUT2D eigenvalue weighted by Crippen LogP contribution is 2.70. The van der Waals surface area contributed by atoms with Gasteiger partial charge in [0.05, 0.1) is 0 Å². The highest BCUT2D eigenvalue weighted by molar-refractivity contribution is 7.99. The van der Waals surface area contributed by atoms with Crippen molar-refractivity contribution >= 4 is 23.5 Å². The monoisotopic (exact) mass is 591 g/mol. The van der Waals surface area contributed by atoms with Crippen molar-refractivity contribution in [2.75, 3.05) is 26.2 Å². The Morgan fingerprint density at radius 2 is 1.74 bits per heavy atom. The fourth-order valence-electron chi connectivity index (χ4n) is 10.3. The van der Waals surface area contributed by atoms with Gasteiger partial charge in [-0.1, -0.05) is 38.0 Å². The van der Waals surface area contributed by atoms with E-state index in [0.717, 1.165) is 56.8 Å². The van der Waals surface area contributed by atoms with Gasteiger partial charge in [-0.25, -0.2) is 0 Å². The average Bonchev–Trinajstić information content (AvgIpc) is 3.52. The molecule has 2 heterocycles. The van der Waals surface area contributed by atoms with Crippen molar-refractivity contribution in [3.05, 3.63) is 41.5 Å². The molecular weight excluding hydrogens is 542 g/mol. The molecule has 1 aromatic rings. The summed E-state index contributed by atoms with van der Waals surface area (Å²) >= 11 is 2.11. The van der Waals surface area contributed by atoms with Crippen molar-refractivity contribution in [1.29, 1.82) is 0 Å². The summed E-state index contributed by atoms with van der Waals surface area (Å²) in [5.41, 5.74) is 2.70. The number of hydrogen-bond donors (Lipinski definition) is 0. The lowest BCUT2D eigenvalue weighted by atomic mass is 9.46. The maximum atomic E-state index is 12.6. The lowest BCUT2D eigenvalue weighted by Gasteiger charge is -2.61. The van der Waals surface area contributed by atoms with Crippen LogP contribution in [0.2, 0.25) is 0 Å². The molecule has 7 rings (SSSR count). The van der Waals surface area contributed by atoms with Gasteiger partial charge in [-0.3, -0.25) is 14.5 Å². The smallest absolute Gasteiger partial charge is 0.306 e. The third kappa shape index (κ3) is 4.97. The predicted molar refractivity (Wildman–Crippen MR) is 167 cm³/mol. The number of esters is 1. The maximum Gasteiger partial charge on any atom is 0.306 e. The number of rotatable bonds is 7. The number of hydrogen-bond acceptors (Lipinski definition) is 6. The number of piperidine rings is 1. The van der Waals surface area contributed by atoms with E-state index in [1.807, 2.05) is 6.08 Å². The fourth-order valence-corrected chi connectivity index (χ4v) is 11.8. The molecule has 42 heavy (non-hydrogen) atoms. The van der Waals surface area contributed by atoms with E-state index in [0.29, 0.717) is 41.6 Å². The molecule has 0 radical (unpaired) electrons. The molecule has 0 N–H and O–H groups in total. The first-order chi connectivity index (χ1) is 20.3. The van der Waals surface area contributed by atoms with Gasteiger partial charge in [0.25, 0.3) is 0 Å². The molecule has 6 aliphatic rings. The first-order valence-corrected chi connectivity index (χ1v) is 17.9. The number of carbonyl (C=O) groups excluding carboxylic acids is 2. The van der Waals surface area contributed by atoms with Gasteiger partial charge in [0, 0.05) is 35.8 Å². The van der Waals surface area contributed by atoms with Gasteiger partial charge < -0.3 is 9.47 Å². The predicted octanol–water partition coefficient (Wildman–Crippen LogP) is 7.37. The average molecular weight is 592 g/mol. The molecule has 0 amide bonds. The molecule has 6 heteroatoms. The third-order valence-corrected chi connectivity index (χ3v) is 14.2. The molecule has 2 aliphatic heterocycles. The van der Waals surface area contributed by atoms with E-state index in [4.69, 9.17) is 9.47 Å². The third-order valence-electron chi connectivity index (χ3n) is 12.8. The summed E-state index contributed by atoms with van der Waals surface area (Å²) in [4.78, 5) is 27.5. The van der Waals surface area contributed by atoms with Crippen molar-refractivity contribution < 1.29 is 19.1 Å². The van der Waals surface area contributed by atoms with Crippen molar-refractivity contribution in [1.82, 2.24) is 4.90 Å².